The van der Waals surface area contributed by atoms with Gasteiger partial charge in [-0.25, -0.2) is 14.4 Å². The van der Waals surface area contributed by atoms with E-state index in [4.69, 9.17) is 9.47 Å². The van der Waals surface area contributed by atoms with Gasteiger partial charge in [0.15, 0.2) is 11.6 Å². The molecule has 8 heteroatoms. The Bertz CT molecular complexity index is 948. The number of pyridine rings is 1. The van der Waals surface area contributed by atoms with Gasteiger partial charge in [-0.05, 0) is 36.4 Å². The fourth-order valence-corrected chi connectivity index (χ4v) is 2.36. The Hall–Kier alpha value is -3.55. The van der Waals surface area contributed by atoms with Crippen molar-refractivity contribution < 1.29 is 18.7 Å². The lowest BCUT2D eigenvalue weighted by Gasteiger charge is -2.08. The average molecular weight is 368 g/mol. The fraction of sp³-hybridized carbons (Fsp3) is 0.158. The summed E-state index contributed by atoms with van der Waals surface area (Å²) in [4.78, 5) is 24.7. The lowest BCUT2D eigenvalue weighted by Crippen LogP contribution is -2.24. The van der Waals surface area contributed by atoms with E-state index in [1.165, 1.54) is 31.6 Å². The third kappa shape index (κ3) is 4.35. The number of carbonyl (C=O) groups excluding carboxylic acids is 1. The molecule has 138 valence electrons. The summed E-state index contributed by atoms with van der Waals surface area (Å²) in [7, 11) is 2.94. The SMILES string of the molecule is COc1ccc(CNC(=O)c2cc(-c3ccc(F)c(OC)c3)ncn2)nc1. The maximum atomic E-state index is 13.6. The normalized spacial score (nSPS) is 10.3. The van der Waals surface area contributed by atoms with E-state index >= 15 is 0 Å². The predicted octanol–water partition coefficient (Wildman–Crippen LogP) is 2.62. The number of rotatable bonds is 6. The first kappa shape index (κ1) is 18.2. The molecule has 0 aliphatic carbocycles. The van der Waals surface area contributed by atoms with Crippen molar-refractivity contribution >= 4 is 5.91 Å². The third-order valence-corrected chi connectivity index (χ3v) is 3.81. The first-order chi connectivity index (χ1) is 13.1. The van der Waals surface area contributed by atoms with Gasteiger partial charge in [-0.1, -0.05) is 0 Å². The van der Waals surface area contributed by atoms with E-state index in [1.807, 2.05) is 0 Å². The molecule has 0 bridgehead atoms. The van der Waals surface area contributed by atoms with E-state index in [2.05, 4.69) is 20.3 Å². The van der Waals surface area contributed by atoms with Crippen molar-refractivity contribution in [2.24, 2.45) is 0 Å². The van der Waals surface area contributed by atoms with Crippen LogP contribution in [0.3, 0.4) is 0 Å². The van der Waals surface area contributed by atoms with Gasteiger partial charge >= 0.3 is 0 Å². The Morgan fingerprint density at radius 1 is 1.07 bits per heavy atom. The summed E-state index contributed by atoms with van der Waals surface area (Å²) >= 11 is 0. The van der Waals surface area contributed by atoms with Gasteiger partial charge in [-0.15, -0.1) is 0 Å². The van der Waals surface area contributed by atoms with Crippen LogP contribution >= 0.6 is 0 Å². The van der Waals surface area contributed by atoms with Gasteiger partial charge in [0.25, 0.3) is 5.91 Å². The molecule has 1 amide bonds. The second kappa shape index (κ2) is 8.22. The number of nitrogens with zero attached hydrogens (tertiary/aromatic N) is 3. The topological polar surface area (TPSA) is 86.2 Å². The molecule has 3 aromatic rings. The van der Waals surface area contributed by atoms with E-state index in [0.717, 1.165) is 0 Å². The lowest BCUT2D eigenvalue weighted by atomic mass is 10.1. The molecule has 0 saturated heterocycles. The first-order valence-corrected chi connectivity index (χ1v) is 8.04. The zero-order valence-corrected chi connectivity index (χ0v) is 14.8. The summed E-state index contributed by atoms with van der Waals surface area (Å²) in [6.07, 6.45) is 2.86. The van der Waals surface area contributed by atoms with Gasteiger partial charge in [0.05, 0.1) is 38.3 Å². The smallest absolute Gasteiger partial charge is 0.270 e. The Morgan fingerprint density at radius 2 is 1.93 bits per heavy atom. The van der Waals surface area contributed by atoms with Gasteiger partial charge in [0.2, 0.25) is 0 Å². The number of nitrogens with one attached hydrogen (secondary N) is 1. The molecule has 7 nitrogen and oxygen atoms in total. The molecular weight excluding hydrogens is 351 g/mol. The van der Waals surface area contributed by atoms with Gasteiger partial charge < -0.3 is 14.8 Å². The van der Waals surface area contributed by atoms with Crippen molar-refractivity contribution in [3.63, 3.8) is 0 Å². The summed E-state index contributed by atoms with van der Waals surface area (Å²) in [6.45, 7) is 0.243. The Morgan fingerprint density at radius 3 is 2.63 bits per heavy atom. The predicted molar refractivity (Wildman–Crippen MR) is 95.9 cm³/mol. The summed E-state index contributed by atoms with van der Waals surface area (Å²) in [5.74, 6) is -0.103. The number of ether oxygens (including phenoxy) is 2. The summed E-state index contributed by atoms with van der Waals surface area (Å²) in [6, 6.07) is 9.41. The number of aromatic nitrogens is 3. The maximum absolute atomic E-state index is 13.6. The standard InChI is InChI=1S/C19H17FN4O3/c1-26-14-5-4-13(21-10-14)9-22-19(25)17-8-16(23-11-24-17)12-3-6-15(20)18(7-12)27-2/h3-8,10-11H,9H2,1-2H3,(H,22,25). The minimum Gasteiger partial charge on any atom is -0.495 e. The highest BCUT2D eigenvalue weighted by atomic mass is 19.1. The van der Waals surface area contributed by atoms with Gasteiger partial charge in [-0.2, -0.15) is 0 Å². The van der Waals surface area contributed by atoms with E-state index < -0.39 is 5.82 Å². The monoisotopic (exact) mass is 368 g/mol. The number of methoxy groups -OCH3 is 2. The molecule has 0 unspecified atom stereocenters. The number of benzene rings is 1. The fourth-order valence-electron chi connectivity index (χ4n) is 2.36. The van der Waals surface area contributed by atoms with E-state index in [-0.39, 0.29) is 23.9 Å². The van der Waals surface area contributed by atoms with Gasteiger partial charge in [0, 0.05) is 5.56 Å². The highest BCUT2D eigenvalue weighted by Crippen LogP contribution is 2.25. The van der Waals surface area contributed by atoms with Crippen molar-refractivity contribution in [3.05, 3.63) is 66.1 Å². The number of carbonyl (C=O) groups is 1. The quantitative estimate of drug-likeness (QED) is 0.720. The van der Waals surface area contributed by atoms with Crippen LogP contribution in [-0.4, -0.2) is 35.1 Å². The first-order valence-electron chi connectivity index (χ1n) is 8.04. The lowest BCUT2D eigenvalue weighted by molar-refractivity contribution is 0.0945. The highest BCUT2D eigenvalue weighted by Gasteiger charge is 2.12. The van der Waals surface area contributed by atoms with E-state index in [1.54, 1.807) is 31.5 Å². The van der Waals surface area contributed by atoms with Crippen LogP contribution in [0.5, 0.6) is 11.5 Å². The molecule has 0 saturated carbocycles. The molecule has 1 N–H and O–H groups in total. The Kier molecular flexibility index (Phi) is 5.55. The van der Waals surface area contributed by atoms with Crippen molar-refractivity contribution in [3.8, 4) is 22.8 Å². The molecule has 0 aliphatic rings. The van der Waals surface area contributed by atoms with Crippen molar-refractivity contribution in [1.29, 1.82) is 0 Å². The zero-order valence-electron chi connectivity index (χ0n) is 14.8. The molecular formula is C19H17FN4O3. The van der Waals surface area contributed by atoms with E-state index in [0.29, 0.717) is 22.7 Å². The van der Waals surface area contributed by atoms with Gasteiger partial charge in [0.1, 0.15) is 17.8 Å². The largest absolute Gasteiger partial charge is 0.495 e. The minimum atomic E-state index is -0.472. The van der Waals surface area contributed by atoms with Crippen molar-refractivity contribution in [2.45, 2.75) is 6.54 Å². The molecule has 0 atom stereocenters. The van der Waals surface area contributed by atoms with Crippen LogP contribution in [0.15, 0.2) is 48.9 Å². The Labute approximate surface area is 155 Å². The van der Waals surface area contributed by atoms with Crippen molar-refractivity contribution in [1.82, 2.24) is 20.3 Å². The summed E-state index contributed by atoms with van der Waals surface area (Å²) in [5, 5.41) is 2.75. The maximum Gasteiger partial charge on any atom is 0.270 e. The van der Waals surface area contributed by atoms with Gasteiger partial charge in [-0.3, -0.25) is 9.78 Å². The molecule has 3 rings (SSSR count). The molecule has 0 spiro atoms. The molecule has 0 aliphatic heterocycles. The average Bonchev–Trinajstić information content (AvgIpc) is 2.72. The number of halogens is 1. The molecule has 2 aromatic heterocycles. The van der Waals surface area contributed by atoms with Crippen LogP contribution in [0.2, 0.25) is 0 Å². The second-order valence-corrected chi connectivity index (χ2v) is 5.51. The van der Waals surface area contributed by atoms with Crippen LogP contribution in [0.4, 0.5) is 4.39 Å². The number of hydrogen-bond donors (Lipinski definition) is 1. The van der Waals surface area contributed by atoms with Crippen LogP contribution in [-0.2, 0) is 6.54 Å². The second-order valence-electron chi connectivity index (χ2n) is 5.51. The van der Waals surface area contributed by atoms with Crippen LogP contribution < -0.4 is 14.8 Å². The molecule has 0 fully saturated rings. The van der Waals surface area contributed by atoms with Crippen LogP contribution in [0.1, 0.15) is 16.2 Å². The minimum absolute atomic E-state index is 0.0997. The summed E-state index contributed by atoms with van der Waals surface area (Å²) < 4.78 is 23.6. The Balaban J connectivity index is 1.73. The van der Waals surface area contributed by atoms with Crippen molar-refractivity contribution in [2.75, 3.05) is 14.2 Å². The number of hydrogen-bond acceptors (Lipinski definition) is 6. The van der Waals surface area contributed by atoms with E-state index in [9.17, 15) is 9.18 Å². The number of amides is 1. The molecule has 27 heavy (non-hydrogen) atoms. The highest BCUT2D eigenvalue weighted by molar-refractivity contribution is 5.93. The third-order valence-electron chi connectivity index (χ3n) is 3.81. The zero-order chi connectivity index (χ0) is 19.2. The molecule has 0 radical (unpaired) electrons. The summed E-state index contributed by atoms with van der Waals surface area (Å²) in [5.41, 5.74) is 1.97. The van der Waals surface area contributed by atoms with Crippen LogP contribution in [0.25, 0.3) is 11.3 Å². The van der Waals surface area contributed by atoms with Crippen LogP contribution in [0, 0.1) is 5.82 Å². The molecule has 2 heterocycles. The molecule has 1 aromatic carbocycles.